The van der Waals surface area contributed by atoms with E-state index in [1.54, 1.807) is 0 Å². The fourth-order valence-electron chi connectivity index (χ4n) is 3.38. The van der Waals surface area contributed by atoms with E-state index >= 15 is 0 Å². The fraction of sp³-hybridized carbons (Fsp3) is 0.182. The summed E-state index contributed by atoms with van der Waals surface area (Å²) < 4.78 is 0. The molecule has 1 unspecified atom stereocenters. The monoisotopic (exact) mass is 318 g/mol. The maximum absolute atomic E-state index is 2.90. The highest BCUT2D eigenvalue weighted by atomic mass is 31.0. The molecule has 3 rings (SSSR count). The summed E-state index contributed by atoms with van der Waals surface area (Å²) in [5, 5.41) is 1.24. The van der Waals surface area contributed by atoms with Gasteiger partial charge in [0.15, 0.2) is 0 Å². The first-order valence-corrected chi connectivity index (χ1v) is 8.57. The summed E-state index contributed by atoms with van der Waals surface area (Å²) in [4.78, 5) is 0. The molecule has 0 spiro atoms. The van der Waals surface area contributed by atoms with Gasteiger partial charge in [-0.25, -0.2) is 0 Å². The Bertz CT molecular complexity index is 835. The van der Waals surface area contributed by atoms with Crippen molar-refractivity contribution in [1.29, 1.82) is 0 Å². The largest absolute Gasteiger partial charge is 0.105 e. The van der Waals surface area contributed by atoms with Crippen LogP contribution in [0.15, 0.2) is 54.6 Å². The van der Waals surface area contributed by atoms with Gasteiger partial charge < -0.3 is 0 Å². The third-order valence-corrected chi connectivity index (χ3v) is 4.62. The molecule has 0 N–H and O–H groups in total. The Hall–Kier alpha value is -1.91. The first-order valence-electron chi connectivity index (χ1n) is 8.00. The minimum atomic E-state index is 1.24. The molecule has 116 valence electrons. The summed E-state index contributed by atoms with van der Waals surface area (Å²) in [6.45, 7) is 8.66. The highest BCUT2D eigenvalue weighted by Gasteiger charge is 2.11. The lowest BCUT2D eigenvalue weighted by atomic mass is 9.91. The molecular formula is C22H23P. The molecule has 0 saturated carbocycles. The van der Waals surface area contributed by atoms with Crippen LogP contribution >= 0.6 is 9.24 Å². The molecule has 0 aliphatic heterocycles. The van der Waals surface area contributed by atoms with Gasteiger partial charge in [-0.3, -0.25) is 0 Å². The van der Waals surface area contributed by atoms with Crippen LogP contribution < -0.4 is 5.30 Å². The van der Waals surface area contributed by atoms with Gasteiger partial charge in [0.05, 0.1) is 0 Å². The van der Waals surface area contributed by atoms with Crippen LogP contribution in [0.5, 0.6) is 0 Å². The standard InChI is InChI=1S/C22H23P/c1-14-8-15(2)11-18(10-14)20-6-5-7-21(23)22(20)19-12-16(3)9-17(4)13-19/h5-13H,23H2,1-4H3. The minimum absolute atomic E-state index is 1.24. The zero-order chi connectivity index (χ0) is 16.6. The first kappa shape index (κ1) is 16.0. The van der Waals surface area contributed by atoms with E-state index < -0.39 is 0 Å². The van der Waals surface area contributed by atoms with Crippen LogP contribution in [0.25, 0.3) is 22.3 Å². The Kier molecular flexibility index (Phi) is 4.37. The summed E-state index contributed by atoms with van der Waals surface area (Å²) in [7, 11) is 2.90. The third kappa shape index (κ3) is 3.38. The lowest BCUT2D eigenvalue weighted by Crippen LogP contribution is -2.00. The van der Waals surface area contributed by atoms with Crippen LogP contribution in [0, 0.1) is 27.7 Å². The molecule has 3 aromatic carbocycles. The van der Waals surface area contributed by atoms with Gasteiger partial charge in [-0.2, -0.15) is 0 Å². The summed E-state index contributed by atoms with van der Waals surface area (Å²) in [6.07, 6.45) is 0. The molecule has 0 fully saturated rings. The molecule has 0 aliphatic carbocycles. The van der Waals surface area contributed by atoms with Gasteiger partial charge in [0.1, 0.15) is 0 Å². The van der Waals surface area contributed by atoms with Gasteiger partial charge in [0.25, 0.3) is 0 Å². The molecule has 0 amide bonds. The summed E-state index contributed by atoms with van der Waals surface area (Å²) >= 11 is 0. The van der Waals surface area contributed by atoms with E-state index in [1.165, 1.54) is 49.8 Å². The van der Waals surface area contributed by atoms with Crippen molar-refractivity contribution in [2.45, 2.75) is 27.7 Å². The van der Waals surface area contributed by atoms with Crippen LogP contribution in [-0.4, -0.2) is 0 Å². The van der Waals surface area contributed by atoms with Crippen molar-refractivity contribution < 1.29 is 0 Å². The van der Waals surface area contributed by atoms with Crippen LogP contribution in [0.1, 0.15) is 22.3 Å². The quantitative estimate of drug-likeness (QED) is 0.527. The van der Waals surface area contributed by atoms with Crippen LogP contribution in [0.3, 0.4) is 0 Å². The molecule has 3 aromatic rings. The molecule has 0 radical (unpaired) electrons. The zero-order valence-corrected chi connectivity index (χ0v) is 15.4. The number of benzene rings is 3. The van der Waals surface area contributed by atoms with E-state index in [2.05, 4.69) is 91.5 Å². The molecule has 1 atom stereocenters. The van der Waals surface area contributed by atoms with Crippen LogP contribution in [0.2, 0.25) is 0 Å². The van der Waals surface area contributed by atoms with Crippen LogP contribution in [0.4, 0.5) is 0 Å². The Morgan fingerprint density at radius 1 is 0.609 bits per heavy atom. The number of rotatable bonds is 2. The SMILES string of the molecule is Cc1cc(C)cc(-c2cccc(P)c2-c2cc(C)cc(C)c2)c1. The average Bonchev–Trinajstić information content (AvgIpc) is 2.44. The zero-order valence-electron chi connectivity index (χ0n) is 14.3. The average molecular weight is 318 g/mol. The summed E-state index contributed by atoms with van der Waals surface area (Å²) in [5.74, 6) is 0. The Labute approximate surface area is 141 Å². The molecular weight excluding hydrogens is 295 g/mol. The van der Waals surface area contributed by atoms with Gasteiger partial charge in [0, 0.05) is 0 Å². The molecule has 0 heterocycles. The lowest BCUT2D eigenvalue weighted by molar-refractivity contribution is 1.37. The van der Waals surface area contributed by atoms with Crippen molar-refractivity contribution in [3.8, 4) is 22.3 Å². The van der Waals surface area contributed by atoms with E-state index in [-0.39, 0.29) is 0 Å². The summed E-state index contributed by atoms with van der Waals surface area (Å²) in [5.41, 5.74) is 10.4. The van der Waals surface area contributed by atoms with Crippen molar-refractivity contribution in [1.82, 2.24) is 0 Å². The van der Waals surface area contributed by atoms with Crippen molar-refractivity contribution in [3.63, 3.8) is 0 Å². The Morgan fingerprint density at radius 2 is 1.09 bits per heavy atom. The first-order chi connectivity index (χ1) is 10.9. The normalized spacial score (nSPS) is 10.8. The molecule has 0 bridgehead atoms. The van der Waals surface area contributed by atoms with Crippen molar-refractivity contribution >= 4 is 14.5 Å². The molecule has 0 saturated heterocycles. The fourth-order valence-corrected chi connectivity index (χ4v) is 3.82. The highest BCUT2D eigenvalue weighted by Crippen LogP contribution is 2.33. The second-order valence-corrected chi connectivity index (χ2v) is 7.14. The predicted octanol–water partition coefficient (Wildman–Crippen LogP) is 5.75. The molecule has 0 aromatic heterocycles. The molecule has 0 nitrogen and oxygen atoms in total. The maximum atomic E-state index is 2.90. The number of hydrogen-bond donors (Lipinski definition) is 0. The van der Waals surface area contributed by atoms with Crippen molar-refractivity contribution in [3.05, 3.63) is 76.9 Å². The molecule has 1 heteroatoms. The lowest BCUT2D eigenvalue weighted by Gasteiger charge is -2.15. The van der Waals surface area contributed by atoms with Gasteiger partial charge in [-0.05, 0) is 55.3 Å². The topological polar surface area (TPSA) is 0 Å². The Morgan fingerprint density at radius 3 is 1.61 bits per heavy atom. The molecule has 0 aliphatic rings. The smallest absolute Gasteiger partial charge is 0.00335 e. The van der Waals surface area contributed by atoms with E-state index in [0.717, 1.165) is 0 Å². The van der Waals surface area contributed by atoms with Gasteiger partial charge >= 0.3 is 0 Å². The third-order valence-electron chi connectivity index (χ3n) is 4.14. The second-order valence-electron chi connectivity index (χ2n) is 6.52. The molecule has 23 heavy (non-hydrogen) atoms. The predicted molar refractivity (Wildman–Crippen MR) is 106 cm³/mol. The van der Waals surface area contributed by atoms with Crippen molar-refractivity contribution in [2.24, 2.45) is 0 Å². The van der Waals surface area contributed by atoms with Gasteiger partial charge in [-0.15, -0.1) is 9.24 Å². The number of aryl methyl sites for hydroxylation is 4. The minimum Gasteiger partial charge on any atom is -0.105 e. The number of hydrogen-bond acceptors (Lipinski definition) is 0. The van der Waals surface area contributed by atoms with Crippen molar-refractivity contribution in [2.75, 3.05) is 0 Å². The maximum Gasteiger partial charge on any atom is -0.00335 e. The van der Waals surface area contributed by atoms with E-state index in [4.69, 9.17) is 0 Å². The van der Waals surface area contributed by atoms with E-state index in [0.29, 0.717) is 0 Å². The Balaban J connectivity index is 2.29. The summed E-state index contributed by atoms with van der Waals surface area (Å²) in [6, 6.07) is 20.1. The van der Waals surface area contributed by atoms with Gasteiger partial charge in [-0.1, -0.05) is 76.9 Å². The second kappa shape index (κ2) is 6.30. The van der Waals surface area contributed by atoms with E-state index in [9.17, 15) is 0 Å². The van der Waals surface area contributed by atoms with Gasteiger partial charge in [0.2, 0.25) is 0 Å². The van der Waals surface area contributed by atoms with Crippen LogP contribution in [-0.2, 0) is 0 Å². The highest BCUT2D eigenvalue weighted by molar-refractivity contribution is 7.28. The van der Waals surface area contributed by atoms with E-state index in [1.807, 2.05) is 0 Å².